The van der Waals surface area contributed by atoms with Crippen molar-refractivity contribution in [1.29, 1.82) is 0 Å². The van der Waals surface area contributed by atoms with Crippen LogP contribution in [0.2, 0.25) is 0 Å². The fourth-order valence-electron chi connectivity index (χ4n) is 1.91. The molecule has 1 N–H and O–H groups in total. The summed E-state index contributed by atoms with van der Waals surface area (Å²) in [7, 11) is 0. The molecule has 0 saturated heterocycles. The Labute approximate surface area is 107 Å². The minimum absolute atomic E-state index is 0.0534. The van der Waals surface area contributed by atoms with Crippen LogP contribution in [0.1, 0.15) is 10.4 Å². The lowest BCUT2D eigenvalue weighted by molar-refractivity contribution is 0.0698. The molecule has 5 nitrogen and oxygen atoms in total. The Hall–Kier alpha value is -2.76. The van der Waals surface area contributed by atoms with Gasteiger partial charge in [-0.05, 0) is 24.3 Å². The van der Waals surface area contributed by atoms with Crippen molar-refractivity contribution in [3.8, 4) is 11.4 Å². The Morgan fingerprint density at radius 2 is 2.05 bits per heavy atom. The Morgan fingerprint density at radius 3 is 2.79 bits per heavy atom. The molecule has 0 spiro atoms. The molecule has 6 heteroatoms. The molecule has 19 heavy (non-hydrogen) atoms. The van der Waals surface area contributed by atoms with E-state index in [4.69, 9.17) is 5.11 Å². The first-order valence-corrected chi connectivity index (χ1v) is 5.50. The Kier molecular flexibility index (Phi) is 2.49. The molecular weight excluding hydrogens is 249 g/mol. The largest absolute Gasteiger partial charge is 0.478 e. The van der Waals surface area contributed by atoms with Gasteiger partial charge in [0.2, 0.25) is 0 Å². The SMILES string of the molecule is O=C(O)c1cccn2c(-c3cccc(F)c3)nnc12. The number of halogens is 1. The van der Waals surface area contributed by atoms with Crippen LogP contribution in [0, 0.1) is 5.82 Å². The van der Waals surface area contributed by atoms with Gasteiger partial charge >= 0.3 is 5.97 Å². The second kappa shape index (κ2) is 4.16. The number of carboxylic acid groups (broad SMARTS) is 1. The van der Waals surface area contributed by atoms with Crippen LogP contribution in [0.15, 0.2) is 42.6 Å². The number of aromatic nitrogens is 3. The van der Waals surface area contributed by atoms with E-state index in [2.05, 4.69) is 10.2 Å². The number of hydrogen-bond donors (Lipinski definition) is 1. The van der Waals surface area contributed by atoms with Gasteiger partial charge in [-0.3, -0.25) is 4.40 Å². The van der Waals surface area contributed by atoms with Crippen molar-refractivity contribution >= 4 is 11.6 Å². The van der Waals surface area contributed by atoms with Crippen LogP contribution < -0.4 is 0 Å². The molecule has 1 aromatic carbocycles. The summed E-state index contributed by atoms with van der Waals surface area (Å²) in [5.74, 6) is -1.06. The fourth-order valence-corrected chi connectivity index (χ4v) is 1.91. The molecular formula is C13H8FN3O2. The second-order valence-electron chi connectivity index (χ2n) is 3.95. The van der Waals surface area contributed by atoms with Crippen LogP contribution in [0.3, 0.4) is 0 Å². The number of benzene rings is 1. The van der Waals surface area contributed by atoms with Gasteiger partial charge in [0.1, 0.15) is 11.4 Å². The van der Waals surface area contributed by atoms with Crippen molar-refractivity contribution < 1.29 is 14.3 Å². The molecule has 0 radical (unpaired) electrons. The van der Waals surface area contributed by atoms with Crippen molar-refractivity contribution in [1.82, 2.24) is 14.6 Å². The van der Waals surface area contributed by atoms with E-state index in [9.17, 15) is 9.18 Å². The number of nitrogens with zero attached hydrogens (tertiary/aromatic N) is 3. The lowest BCUT2D eigenvalue weighted by atomic mass is 10.2. The monoisotopic (exact) mass is 257 g/mol. The zero-order valence-electron chi connectivity index (χ0n) is 9.62. The molecule has 0 atom stereocenters. The number of hydrogen-bond acceptors (Lipinski definition) is 3. The number of rotatable bonds is 2. The van der Waals surface area contributed by atoms with Gasteiger partial charge in [0.25, 0.3) is 0 Å². The first-order chi connectivity index (χ1) is 9.16. The fraction of sp³-hybridized carbons (Fsp3) is 0. The number of aromatic carboxylic acids is 1. The van der Waals surface area contributed by atoms with Crippen LogP contribution in [0.25, 0.3) is 17.0 Å². The van der Waals surface area contributed by atoms with Gasteiger partial charge < -0.3 is 5.11 Å². The van der Waals surface area contributed by atoms with Crippen molar-refractivity contribution in [2.75, 3.05) is 0 Å². The molecule has 0 aliphatic carbocycles. The van der Waals surface area contributed by atoms with Crippen LogP contribution in [-0.4, -0.2) is 25.7 Å². The second-order valence-corrected chi connectivity index (χ2v) is 3.95. The minimum atomic E-state index is -1.08. The standard InChI is InChI=1S/C13H8FN3O2/c14-9-4-1-3-8(7-9)11-15-16-12-10(13(18)19)5-2-6-17(11)12/h1-7H,(H,18,19). The van der Waals surface area contributed by atoms with Gasteiger partial charge in [-0.25, -0.2) is 9.18 Å². The highest BCUT2D eigenvalue weighted by molar-refractivity contribution is 5.94. The maximum absolute atomic E-state index is 13.2. The summed E-state index contributed by atoms with van der Waals surface area (Å²) < 4.78 is 14.7. The molecule has 0 fully saturated rings. The molecule has 0 unspecified atom stereocenters. The zero-order valence-corrected chi connectivity index (χ0v) is 9.62. The molecule has 3 rings (SSSR count). The highest BCUT2D eigenvalue weighted by Gasteiger charge is 2.14. The van der Waals surface area contributed by atoms with E-state index in [1.165, 1.54) is 22.6 Å². The highest BCUT2D eigenvalue weighted by Crippen LogP contribution is 2.20. The van der Waals surface area contributed by atoms with E-state index in [1.807, 2.05) is 0 Å². The highest BCUT2D eigenvalue weighted by atomic mass is 19.1. The average molecular weight is 257 g/mol. The molecule has 0 saturated carbocycles. The van der Waals surface area contributed by atoms with Gasteiger partial charge in [0.15, 0.2) is 11.5 Å². The quantitative estimate of drug-likeness (QED) is 0.764. The molecule has 2 aromatic heterocycles. The number of carbonyl (C=O) groups is 1. The molecule has 0 bridgehead atoms. The van der Waals surface area contributed by atoms with E-state index >= 15 is 0 Å². The third kappa shape index (κ3) is 1.83. The third-order valence-electron chi connectivity index (χ3n) is 2.75. The van der Waals surface area contributed by atoms with Gasteiger partial charge in [-0.2, -0.15) is 0 Å². The number of fused-ring (bicyclic) bond motifs is 1. The van der Waals surface area contributed by atoms with Gasteiger partial charge in [-0.1, -0.05) is 12.1 Å². The Balaban J connectivity index is 2.27. The first-order valence-electron chi connectivity index (χ1n) is 5.50. The van der Waals surface area contributed by atoms with E-state index in [0.717, 1.165) is 0 Å². The van der Waals surface area contributed by atoms with Crippen LogP contribution in [0.5, 0.6) is 0 Å². The van der Waals surface area contributed by atoms with Crippen molar-refractivity contribution in [3.63, 3.8) is 0 Å². The predicted molar refractivity (Wildman–Crippen MR) is 65.3 cm³/mol. The summed E-state index contributed by atoms with van der Waals surface area (Å²) in [4.78, 5) is 11.1. The van der Waals surface area contributed by atoms with E-state index in [0.29, 0.717) is 11.4 Å². The van der Waals surface area contributed by atoms with Crippen molar-refractivity contribution in [2.45, 2.75) is 0 Å². The van der Waals surface area contributed by atoms with Gasteiger partial charge in [0, 0.05) is 11.8 Å². The summed E-state index contributed by atoms with van der Waals surface area (Å²) >= 11 is 0. The molecule has 3 aromatic rings. The smallest absolute Gasteiger partial charge is 0.339 e. The molecule has 0 aliphatic heterocycles. The lowest BCUT2D eigenvalue weighted by Gasteiger charge is -2.01. The maximum atomic E-state index is 13.2. The minimum Gasteiger partial charge on any atom is -0.478 e. The summed E-state index contributed by atoms with van der Waals surface area (Å²) in [5.41, 5.74) is 0.821. The van der Waals surface area contributed by atoms with Crippen LogP contribution in [-0.2, 0) is 0 Å². The summed E-state index contributed by atoms with van der Waals surface area (Å²) in [6.45, 7) is 0. The first kappa shape index (κ1) is 11.3. The maximum Gasteiger partial charge on any atom is 0.339 e. The van der Waals surface area contributed by atoms with Crippen molar-refractivity contribution in [3.05, 3.63) is 54.0 Å². The number of pyridine rings is 1. The number of carboxylic acids is 1. The third-order valence-corrected chi connectivity index (χ3v) is 2.75. The van der Waals surface area contributed by atoms with E-state index in [1.54, 1.807) is 24.4 Å². The van der Waals surface area contributed by atoms with Gasteiger partial charge in [-0.15, -0.1) is 10.2 Å². The van der Waals surface area contributed by atoms with Crippen molar-refractivity contribution in [2.24, 2.45) is 0 Å². The topological polar surface area (TPSA) is 67.5 Å². The molecule has 0 aliphatic rings. The van der Waals surface area contributed by atoms with E-state index < -0.39 is 5.97 Å². The molecule has 0 amide bonds. The normalized spacial score (nSPS) is 10.8. The van der Waals surface area contributed by atoms with E-state index in [-0.39, 0.29) is 17.0 Å². The predicted octanol–water partition coefficient (Wildman–Crippen LogP) is 2.23. The Bertz CT molecular complexity index is 782. The summed E-state index contributed by atoms with van der Waals surface area (Å²) in [6, 6.07) is 8.93. The van der Waals surface area contributed by atoms with Crippen LogP contribution in [0.4, 0.5) is 4.39 Å². The van der Waals surface area contributed by atoms with Crippen LogP contribution >= 0.6 is 0 Å². The summed E-state index contributed by atoms with van der Waals surface area (Å²) in [6.07, 6.45) is 1.64. The molecule has 94 valence electrons. The lowest BCUT2D eigenvalue weighted by Crippen LogP contribution is -2.00. The molecule has 2 heterocycles. The summed E-state index contributed by atoms with van der Waals surface area (Å²) in [5, 5.41) is 16.9. The zero-order chi connectivity index (χ0) is 13.4. The average Bonchev–Trinajstić information content (AvgIpc) is 2.82. The van der Waals surface area contributed by atoms with Gasteiger partial charge in [0.05, 0.1) is 0 Å². The Morgan fingerprint density at radius 1 is 1.21 bits per heavy atom.